The summed E-state index contributed by atoms with van der Waals surface area (Å²) in [5, 5.41) is 0. The van der Waals surface area contributed by atoms with Gasteiger partial charge >= 0.3 is 0 Å². The molecule has 0 unspecified atom stereocenters. The Morgan fingerprint density at radius 1 is 1.58 bits per heavy atom. The van der Waals surface area contributed by atoms with E-state index < -0.39 is 0 Å². The van der Waals surface area contributed by atoms with E-state index in [1.807, 2.05) is 0 Å². The topological polar surface area (TPSA) is 32.7 Å². The standard InChI is InChI=1S/C9H14N2O/c1-8(10-7-12)9-3-5-11(2)6-4-9/h9H,1,3-6H2,2H3. The van der Waals surface area contributed by atoms with Crippen LogP contribution in [0.2, 0.25) is 0 Å². The molecule has 1 aliphatic heterocycles. The first-order valence-electron chi connectivity index (χ1n) is 4.19. The summed E-state index contributed by atoms with van der Waals surface area (Å²) in [7, 11) is 2.10. The van der Waals surface area contributed by atoms with E-state index >= 15 is 0 Å². The van der Waals surface area contributed by atoms with Gasteiger partial charge in [-0.15, -0.1) is 0 Å². The van der Waals surface area contributed by atoms with Crippen molar-refractivity contribution in [3.05, 3.63) is 12.3 Å². The highest BCUT2D eigenvalue weighted by Gasteiger charge is 2.18. The molecular formula is C9H14N2O. The molecule has 0 bridgehead atoms. The third-order valence-electron chi connectivity index (χ3n) is 2.38. The lowest BCUT2D eigenvalue weighted by atomic mass is 9.95. The largest absolute Gasteiger partial charge is 0.306 e. The molecular weight excluding hydrogens is 152 g/mol. The number of aliphatic imine (C=N–C) groups is 1. The monoisotopic (exact) mass is 166 g/mol. The number of carbonyl (C=O) groups excluding carboxylic acids is 1. The maximum Gasteiger partial charge on any atom is 0.240 e. The number of allylic oxidation sites excluding steroid dienone is 1. The molecule has 3 heteroatoms. The lowest BCUT2D eigenvalue weighted by Crippen LogP contribution is -2.30. The van der Waals surface area contributed by atoms with Crippen molar-refractivity contribution in [2.45, 2.75) is 12.8 Å². The Hall–Kier alpha value is -0.920. The summed E-state index contributed by atoms with van der Waals surface area (Å²) in [6.45, 7) is 5.88. The molecule has 0 amide bonds. The van der Waals surface area contributed by atoms with Crippen molar-refractivity contribution in [2.75, 3.05) is 20.1 Å². The highest BCUT2D eigenvalue weighted by atomic mass is 16.1. The fourth-order valence-electron chi connectivity index (χ4n) is 1.49. The average molecular weight is 166 g/mol. The lowest BCUT2D eigenvalue weighted by molar-refractivity contribution is 0.237. The number of hydrogen-bond acceptors (Lipinski definition) is 3. The van der Waals surface area contributed by atoms with E-state index in [9.17, 15) is 4.79 Å². The zero-order chi connectivity index (χ0) is 8.97. The van der Waals surface area contributed by atoms with Gasteiger partial charge in [-0.05, 0) is 33.0 Å². The molecule has 66 valence electrons. The zero-order valence-electron chi connectivity index (χ0n) is 7.42. The molecule has 0 N–H and O–H groups in total. The first-order chi connectivity index (χ1) is 5.74. The van der Waals surface area contributed by atoms with Gasteiger partial charge in [0.25, 0.3) is 0 Å². The van der Waals surface area contributed by atoms with E-state index in [0.717, 1.165) is 25.9 Å². The Balaban J connectivity index is 2.44. The molecule has 0 aromatic heterocycles. The zero-order valence-corrected chi connectivity index (χ0v) is 7.42. The van der Waals surface area contributed by atoms with Gasteiger partial charge in [0, 0.05) is 11.6 Å². The molecule has 0 aromatic rings. The van der Waals surface area contributed by atoms with Gasteiger partial charge in [0.05, 0.1) is 0 Å². The van der Waals surface area contributed by atoms with Gasteiger partial charge in [0.1, 0.15) is 0 Å². The van der Waals surface area contributed by atoms with Crippen molar-refractivity contribution in [1.82, 2.24) is 4.90 Å². The maximum atomic E-state index is 9.96. The molecule has 1 fully saturated rings. The molecule has 1 rings (SSSR count). The first kappa shape index (κ1) is 9.17. The van der Waals surface area contributed by atoms with Gasteiger partial charge in [-0.1, -0.05) is 6.58 Å². The maximum absolute atomic E-state index is 9.96. The average Bonchev–Trinajstić information content (AvgIpc) is 2.06. The second-order valence-corrected chi connectivity index (χ2v) is 3.27. The van der Waals surface area contributed by atoms with Crippen LogP contribution in [-0.2, 0) is 4.79 Å². The molecule has 0 atom stereocenters. The van der Waals surface area contributed by atoms with E-state index in [2.05, 4.69) is 23.5 Å². The molecule has 1 aliphatic rings. The van der Waals surface area contributed by atoms with Crippen LogP contribution in [0.3, 0.4) is 0 Å². The van der Waals surface area contributed by atoms with Gasteiger partial charge < -0.3 is 4.90 Å². The summed E-state index contributed by atoms with van der Waals surface area (Å²) in [4.78, 5) is 15.8. The Morgan fingerprint density at radius 2 is 2.17 bits per heavy atom. The summed E-state index contributed by atoms with van der Waals surface area (Å²) >= 11 is 0. The number of piperidine rings is 1. The van der Waals surface area contributed by atoms with Crippen LogP contribution < -0.4 is 0 Å². The summed E-state index contributed by atoms with van der Waals surface area (Å²) in [6, 6.07) is 0. The number of isocyanates is 1. The summed E-state index contributed by atoms with van der Waals surface area (Å²) in [5.41, 5.74) is 0.693. The van der Waals surface area contributed by atoms with Crippen LogP contribution in [0.15, 0.2) is 17.3 Å². The van der Waals surface area contributed by atoms with Crippen molar-refractivity contribution in [2.24, 2.45) is 10.9 Å². The van der Waals surface area contributed by atoms with Crippen molar-refractivity contribution in [1.29, 1.82) is 0 Å². The smallest absolute Gasteiger partial charge is 0.240 e. The minimum absolute atomic E-state index is 0.391. The van der Waals surface area contributed by atoms with E-state index in [1.165, 1.54) is 6.08 Å². The number of likely N-dealkylation sites (tertiary alicyclic amines) is 1. The van der Waals surface area contributed by atoms with E-state index in [4.69, 9.17) is 0 Å². The van der Waals surface area contributed by atoms with Crippen molar-refractivity contribution < 1.29 is 4.79 Å². The molecule has 0 aliphatic carbocycles. The van der Waals surface area contributed by atoms with Crippen LogP contribution in [0.25, 0.3) is 0 Å². The minimum Gasteiger partial charge on any atom is -0.306 e. The van der Waals surface area contributed by atoms with E-state index in [-0.39, 0.29) is 0 Å². The molecule has 0 radical (unpaired) electrons. The first-order valence-corrected chi connectivity index (χ1v) is 4.19. The third-order valence-corrected chi connectivity index (χ3v) is 2.38. The molecule has 1 heterocycles. The van der Waals surface area contributed by atoms with Gasteiger partial charge in [0.2, 0.25) is 6.08 Å². The highest BCUT2D eigenvalue weighted by Crippen LogP contribution is 2.22. The molecule has 1 saturated heterocycles. The van der Waals surface area contributed by atoms with Crippen LogP contribution in [0.1, 0.15) is 12.8 Å². The summed E-state index contributed by atoms with van der Waals surface area (Å²) in [5.74, 6) is 0.391. The van der Waals surface area contributed by atoms with Crippen LogP contribution in [0.4, 0.5) is 0 Å². The molecule has 12 heavy (non-hydrogen) atoms. The van der Waals surface area contributed by atoms with Crippen LogP contribution in [0.5, 0.6) is 0 Å². The second kappa shape index (κ2) is 4.19. The fraction of sp³-hybridized carbons (Fsp3) is 0.667. The molecule has 0 saturated carbocycles. The SMILES string of the molecule is C=C(N=C=O)C1CCN(C)CC1. The number of hydrogen-bond donors (Lipinski definition) is 0. The van der Waals surface area contributed by atoms with E-state index in [1.54, 1.807) is 0 Å². The van der Waals surface area contributed by atoms with Crippen LogP contribution in [0, 0.1) is 5.92 Å². The van der Waals surface area contributed by atoms with Crippen molar-refractivity contribution in [3.63, 3.8) is 0 Å². The second-order valence-electron chi connectivity index (χ2n) is 3.27. The number of rotatable bonds is 2. The predicted octanol–water partition coefficient (Wildman–Crippen LogP) is 1.18. The number of nitrogens with zero attached hydrogens (tertiary/aromatic N) is 2. The van der Waals surface area contributed by atoms with Gasteiger partial charge in [-0.25, -0.2) is 4.79 Å². The van der Waals surface area contributed by atoms with Crippen molar-refractivity contribution >= 4 is 6.08 Å². The predicted molar refractivity (Wildman–Crippen MR) is 47.5 cm³/mol. The highest BCUT2D eigenvalue weighted by molar-refractivity contribution is 5.36. The van der Waals surface area contributed by atoms with Gasteiger partial charge in [0.15, 0.2) is 0 Å². The Labute approximate surface area is 72.8 Å². The van der Waals surface area contributed by atoms with Crippen molar-refractivity contribution in [3.8, 4) is 0 Å². The third kappa shape index (κ3) is 2.29. The Morgan fingerprint density at radius 3 is 2.67 bits per heavy atom. The molecule has 0 aromatic carbocycles. The van der Waals surface area contributed by atoms with Crippen LogP contribution in [-0.4, -0.2) is 31.1 Å². The van der Waals surface area contributed by atoms with Gasteiger partial charge in [-0.2, -0.15) is 4.99 Å². The quantitative estimate of drug-likeness (QED) is 0.456. The van der Waals surface area contributed by atoms with Gasteiger partial charge in [-0.3, -0.25) is 0 Å². The van der Waals surface area contributed by atoms with E-state index in [0.29, 0.717) is 11.6 Å². The normalized spacial score (nSPS) is 20.1. The lowest BCUT2D eigenvalue weighted by Gasteiger charge is -2.28. The molecule has 3 nitrogen and oxygen atoms in total. The Kier molecular flexibility index (Phi) is 3.20. The Bertz CT molecular complexity index is 211. The summed E-state index contributed by atoms with van der Waals surface area (Å²) < 4.78 is 0. The molecule has 0 spiro atoms. The van der Waals surface area contributed by atoms with Crippen LogP contribution >= 0.6 is 0 Å². The fourth-order valence-corrected chi connectivity index (χ4v) is 1.49. The summed E-state index contributed by atoms with van der Waals surface area (Å²) in [6.07, 6.45) is 3.65. The minimum atomic E-state index is 0.391.